The lowest BCUT2D eigenvalue weighted by Crippen LogP contribution is -2.45. The van der Waals surface area contributed by atoms with E-state index in [2.05, 4.69) is 4.72 Å². The molecule has 2 heterocycles. The van der Waals surface area contributed by atoms with Crippen molar-refractivity contribution in [2.45, 2.75) is 42.5 Å². The van der Waals surface area contributed by atoms with Gasteiger partial charge in [-0.25, -0.2) is 17.9 Å². The normalized spacial score (nSPS) is 22.6. The van der Waals surface area contributed by atoms with Crippen molar-refractivity contribution >= 4 is 27.3 Å². The van der Waals surface area contributed by atoms with Crippen LogP contribution < -0.4 is 4.72 Å². The molecule has 6 nitrogen and oxygen atoms in total. The third-order valence-corrected chi connectivity index (χ3v) is 6.16. The van der Waals surface area contributed by atoms with Gasteiger partial charge in [0, 0.05) is 12.6 Å². The van der Waals surface area contributed by atoms with Gasteiger partial charge in [-0.2, -0.15) is 0 Å². The second kappa shape index (κ2) is 5.44. The van der Waals surface area contributed by atoms with Gasteiger partial charge in [0.15, 0.2) is 0 Å². The summed E-state index contributed by atoms with van der Waals surface area (Å²) in [6.07, 6.45) is 1.20. The van der Waals surface area contributed by atoms with E-state index in [0.717, 1.165) is 11.3 Å². The number of nitrogens with one attached hydrogen (secondary N) is 1. The molecule has 0 saturated carbocycles. The molecule has 8 heteroatoms. The third-order valence-electron chi connectivity index (χ3n) is 3.08. The molecule has 0 spiro atoms. The molecular weight excluding hydrogens is 302 g/mol. The lowest BCUT2D eigenvalue weighted by Gasteiger charge is -2.35. The predicted molar refractivity (Wildman–Crippen MR) is 74.7 cm³/mol. The zero-order chi connectivity index (χ0) is 15.0. The van der Waals surface area contributed by atoms with Crippen molar-refractivity contribution in [3.8, 4) is 0 Å². The summed E-state index contributed by atoms with van der Waals surface area (Å²) in [6, 6.07) is 2.43. The number of sulfonamides is 1. The van der Waals surface area contributed by atoms with Crippen LogP contribution >= 0.6 is 11.3 Å². The second-order valence-corrected chi connectivity index (χ2v) is 8.37. The summed E-state index contributed by atoms with van der Waals surface area (Å²) in [5.41, 5.74) is -0.354. The highest BCUT2D eigenvalue weighted by molar-refractivity contribution is 7.91. The van der Waals surface area contributed by atoms with Gasteiger partial charge in [0.2, 0.25) is 10.0 Å². The zero-order valence-electron chi connectivity index (χ0n) is 11.3. The number of ether oxygens (including phenoxy) is 1. The maximum atomic E-state index is 12.2. The lowest BCUT2D eigenvalue weighted by molar-refractivity contribution is -0.0599. The quantitative estimate of drug-likeness (QED) is 0.881. The number of rotatable bonds is 4. The molecule has 20 heavy (non-hydrogen) atoms. The molecule has 1 aromatic heterocycles. The number of carboxylic acid groups (broad SMARTS) is 1. The van der Waals surface area contributed by atoms with E-state index in [1.165, 1.54) is 12.1 Å². The van der Waals surface area contributed by atoms with Gasteiger partial charge in [0.1, 0.15) is 9.09 Å². The highest BCUT2D eigenvalue weighted by Gasteiger charge is 2.32. The van der Waals surface area contributed by atoms with Gasteiger partial charge in [-0.15, -0.1) is 11.3 Å². The number of carboxylic acids is 1. The Bertz CT molecular complexity index is 605. The molecule has 1 saturated heterocycles. The first kappa shape index (κ1) is 15.4. The smallest absolute Gasteiger partial charge is 0.345 e. The van der Waals surface area contributed by atoms with E-state index < -0.39 is 16.0 Å². The Hall–Kier alpha value is -0.960. The summed E-state index contributed by atoms with van der Waals surface area (Å²) in [5, 5.41) is 8.83. The van der Waals surface area contributed by atoms with Crippen LogP contribution in [-0.4, -0.2) is 37.7 Å². The van der Waals surface area contributed by atoms with Gasteiger partial charge < -0.3 is 9.84 Å². The Morgan fingerprint density at radius 2 is 2.20 bits per heavy atom. The molecule has 1 aliphatic heterocycles. The number of carbonyl (C=O) groups is 1. The van der Waals surface area contributed by atoms with Crippen LogP contribution in [0, 0.1) is 0 Å². The summed E-state index contributed by atoms with van der Waals surface area (Å²) in [5.74, 6) is -1.12. The first-order valence-electron chi connectivity index (χ1n) is 6.19. The van der Waals surface area contributed by atoms with Gasteiger partial charge in [-0.1, -0.05) is 0 Å². The SMILES string of the molecule is CC1(C)CC(NS(=O)(=O)c2ccc(C(=O)O)s2)CCO1. The number of aromatic carboxylic acids is 1. The number of hydrogen-bond acceptors (Lipinski definition) is 5. The van der Waals surface area contributed by atoms with Crippen molar-refractivity contribution < 1.29 is 23.1 Å². The van der Waals surface area contributed by atoms with E-state index in [0.29, 0.717) is 19.4 Å². The largest absolute Gasteiger partial charge is 0.477 e. The van der Waals surface area contributed by atoms with E-state index >= 15 is 0 Å². The van der Waals surface area contributed by atoms with E-state index in [9.17, 15) is 13.2 Å². The van der Waals surface area contributed by atoms with Crippen LogP contribution in [0.3, 0.4) is 0 Å². The van der Waals surface area contributed by atoms with Gasteiger partial charge in [0.05, 0.1) is 5.60 Å². The predicted octanol–water partition coefficient (Wildman–Crippen LogP) is 1.68. The summed E-state index contributed by atoms with van der Waals surface area (Å²) in [6.45, 7) is 4.34. The maximum absolute atomic E-state index is 12.2. The lowest BCUT2D eigenvalue weighted by atomic mass is 9.95. The molecular formula is C12H17NO5S2. The molecule has 1 aromatic rings. The number of hydrogen-bond donors (Lipinski definition) is 2. The molecule has 0 amide bonds. The van der Waals surface area contributed by atoms with Crippen LogP contribution in [-0.2, 0) is 14.8 Å². The molecule has 112 valence electrons. The van der Waals surface area contributed by atoms with E-state index in [1.54, 1.807) is 0 Å². The minimum atomic E-state index is -3.67. The topological polar surface area (TPSA) is 92.7 Å². The zero-order valence-corrected chi connectivity index (χ0v) is 12.9. The van der Waals surface area contributed by atoms with Crippen LogP contribution in [0.25, 0.3) is 0 Å². The van der Waals surface area contributed by atoms with Crippen molar-refractivity contribution in [1.29, 1.82) is 0 Å². The molecule has 1 aliphatic rings. The van der Waals surface area contributed by atoms with Gasteiger partial charge >= 0.3 is 5.97 Å². The Kier molecular flexibility index (Phi) is 4.19. The van der Waals surface area contributed by atoms with Crippen LogP contribution in [0.1, 0.15) is 36.4 Å². The first-order valence-corrected chi connectivity index (χ1v) is 8.49. The monoisotopic (exact) mass is 319 g/mol. The molecule has 1 fully saturated rings. The van der Waals surface area contributed by atoms with Crippen molar-refractivity contribution in [2.75, 3.05) is 6.61 Å². The third kappa shape index (κ3) is 3.57. The van der Waals surface area contributed by atoms with Crippen LogP contribution in [0.5, 0.6) is 0 Å². The summed E-state index contributed by atoms with van der Waals surface area (Å²) in [7, 11) is -3.67. The van der Waals surface area contributed by atoms with Crippen molar-refractivity contribution in [2.24, 2.45) is 0 Å². The van der Waals surface area contributed by atoms with E-state index in [4.69, 9.17) is 9.84 Å². The molecule has 0 radical (unpaired) electrons. The molecule has 0 aromatic carbocycles. The van der Waals surface area contributed by atoms with E-state index in [-0.39, 0.29) is 20.7 Å². The highest BCUT2D eigenvalue weighted by Crippen LogP contribution is 2.27. The van der Waals surface area contributed by atoms with Gasteiger partial charge in [0.25, 0.3) is 0 Å². The van der Waals surface area contributed by atoms with Gasteiger partial charge in [-0.05, 0) is 38.8 Å². The van der Waals surface area contributed by atoms with Crippen LogP contribution in [0.15, 0.2) is 16.3 Å². The first-order chi connectivity index (χ1) is 9.20. The Morgan fingerprint density at radius 1 is 1.50 bits per heavy atom. The Morgan fingerprint density at radius 3 is 2.75 bits per heavy atom. The molecule has 1 atom stereocenters. The standard InChI is InChI=1S/C12H17NO5S2/c1-12(2)7-8(5-6-18-12)13-20(16,17)10-4-3-9(19-10)11(14)15/h3-4,8,13H,5-7H2,1-2H3,(H,14,15). The average Bonchev–Trinajstić information content (AvgIpc) is 2.76. The van der Waals surface area contributed by atoms with Crippen LogP contribution in [0.2, 0.25) is 0 Å². The van der Waals surface area contributed by atoms with E-state index in [1.807, 2.05) is 13.8 Å². The fourth-order valence-electron chi connectivity index (χ4n) is 2.19. The summed E-state index contributed by atoms with van der Waals surface area (Å²) in [4.78, 5) is 10.8. The minimum Gasteiger partial charge on any atom is -0.477 e. The maximum Gasteiger partial charge on any atom is 0.345 e. The fourth-order valence-corrected chi connectivity index (χ4v) is 4.62. The van der Waals surface area contributed by atoms with Crippen molar-refractivity contribution in [3.63, 3.8) is 0 Å². The fraction of sp³-hybridized carbons (Fsp3) is 0.583. The molecule has 0 bridgehead atoms. The van der Waals surface area contributed by atoms with Crippen molar-refractivity contribution in [1.82, 2.24) is 4.72 Å². The summed E-state index contributed by atoms with van der Waals surface area (Å²) < 4.78 is 32.6. The van der Waals surface area contributed by atoms with Crippen LogP contribution in [0.4, 0.5) is 0 Å². The highest BCUT2D eigenvalue weighted by atomic mass is 32.2. The van der Waals surface area contributed by atoms with Gasteiger partial charge in [-0.3, -0.25) is 0 Å². The summed E-state index contributed by atoms with van der Waals surface area (Å²) >= 11 is 0.755. The van der Waals surface area contributed by atoms with Crippen molar-refractivity contribution in [3.05, 3.63) is 17.0 Å². The molecule has 2 rings (SSSR count). The molecule has 2 N–H and O–H groups in total. The second-order valence-electron chi connectivity index (χ2n) is 5.34. The Balaban J connectivity index is 2.12. The average molecular weight is 319 g/mol. The number of thiophene rings is 1. The molecule has 1 unspecified atom stereocenters. The molecule has 0 aliphatic carbocycles. The Labute approximate surface area is 121 Å². The minimum absolute atomic E-state index is 0.0117.